The summed E-state index contributed by atoms with van der Waals surface area (Å²) in [5.74, 6) is -0.168. The fraction of sp³-hybridized carbons (Fsp3) is 0.955. The lowest BCUT2D eigenvalue weighted by molar-refractivity contribution is -0.302. The average molecular weight is 1080 g/mol. The minimum absolute atomic E-state index is 0.168. The van der Waals surface area contributed by atoms with Crippen LogP contribution in [0.1, 0.15) is 354 Å². The zero-order valence-electron chi connectivity index (χ0n) is 50.5. The number of nitrogens with one attached hydrogen (secondary N) is 1. The third-order valence-electron chi connectivity index (χ3n) is 16.6. The smallest absolute Gasteiger partial charge is 0.220 e. The predicted octanol–water partition coefficient (Wildman–Crippen LogP) is 17.9. The topological polar surface area (TPSA) is 149 Å². The molecular weight excluding hydrogens is 947 g/mol. The molecule has 9 heteroatoms. The quantitative estimate of drug-likeness (QED) is 0.0261. The van der Waals surface area contributed by atoms with Crippen molar-refractivity contribution in [2.24, 2.45) is 0 Å². The van der Waals surface area contributed by atoms with Crippen LogP contribution in [0.2, 0.25) is 0 Å². The molecular formula is C67H131NO8. The molecule has 0 bridgehead atoms. The second-order valence-corrected chi connectivity index (χ2v) is 24.0. The van der Waals surface area contributed by atoms with Crippen molar-refractivity contribution in [2.45, 2.75) is 397 Å². The number of hydrogen-bond donors (Lipinski definition) is 6. The van der Waals surface area contributed by atoms with E-state index in [1.807, 2.05) is 6.08 Å². The Morgan fingerprint density at radius 2 is 0.724 bits per heavy atom. The first-order chi connectivity index (χ1) is 37.3. The van der Waals surface area contributed by atoms with Gasteiger partial charge in [-0.1, -0.05) is 341 Å². The molecule has 1 fully saturated rings. The van der Waals surface area contributed by atoms with Gasteiger partial charge in [0.15, 0.2) is 6.29 Å². The number of aliphatic hydroxyl groups excluding tert-OH is 5. The van der Waals surface area contributed by atoms with Gasteiger partial charge in [-0.2, -0.15) is 0 Å². The van der Waals surface area contributed by atoms with Gasteiger partial charge in [-0.05, 0) is 19.3 Å². The van der Waals surface area contributed by atoms with Crippen LogP contribution < -0.4 is 5.32 Å². The lowest BCUT2D eigenvalue weighted by atomic mass is 9.99. The zero-order chi connectivity index (χ0) is 55.0. The summed E-state index contributed by atoms with van der Waals surface area (Å²) in [5.41, 5.74) is 0. The number of unbranched alkanes of at least 4 members (excludes halogenated alkanes) is 50. The molecule has 9 nitrogen and oxygen atoms in total. The van der Waals surface area contributed by atoms with Crippen LogP contribution in [0.15, 0.2) is 12.2 Å². The van der Waals surface area contributed by atoms with Crippen molar-refractivity contribution in [3.8, 4) is 0 Å². The van der Waals surface area contributed by atoms with Gasteiger partial charge in [-0.25, -0.2) is 0 Å². The summed E-state index contributed by atoms with van der Waals surface area (Å²) in [5, 5.41) is 54.7. The number of hydrogen-bond acceptors (Lipinski definition) is 8. The van der Waals surface area contributed by atoms with Crippen molar-refractivity contribution in [3.05, 3.63) is 12.2 Å². The Bertz CT molecular complexity index is 1200. The maximum absolute atomic E-state index is 13.1. The Kier molecular flexibility index (Phi) is 54.9. The largest absolute Gasteiger partial charge is 0.394 e. The van der Waals surface area contributed by atoms with E-state index in [9.17, 15) is 30.3 Å². The Morgan fingerprint density at radius 1 is 0.434 bits per heavy atom. The third-order valence-corrected chi connectivity index (χ3v) is 16.6. The molecule has 0 spiro atoms. The van der Waals surface area contributed by atoms with Crippen LogP contribution in [0.3, 0.4) is 0 Å². The Morgan fingerprint density at radius 3 is 1.03 bits per heavy atom. The molecule has 1 amide bonds. The van der Waals surface area contributed by atoms with Gasteiger partial charge in [0.1, 0.15) is 24.4 Å². The Labute approximate surface area is 471 Å². The molecule has 0 radical (unpaired) electrons. The minimum Gasteiger partial charge on any atom is -0.394 e. The maximum atomic E-state index is 13.1. The molecule has 6 N–H and O–H groups in total. The van der Waals surface area contributed by atoms with Crippen molar-refractivity contribution in [1.29, 1.82) is 0 Å². The molecule has 0 aromatic rings. The van der Waals surface area contributed by atoms with Gasteiger partial charge in [0.05, 0.1) is 25.4 Å². The van der Waals surface area contributed by atoms with Crippen molar-refractivity contribution in [2.75, 3.05) is 13.2 Å². The fourth-order valence-electron chi connectivity index (χ4n) is 11.3. The summed E-state index contributed by atoms with van der Waals surface area (Å²) in [6.07, 6.45) is 66.0. The normalized spacial score (nSPS) is 18.8. The first kappa shape index (κ1) is 72.9. The second-order valence-electron chi connectivity index (χ2n) is 24.0. The number of allylic oxidation sites excluding steroid dienone is 1. The van der Waals surface area contributed by atoms with Crippen LogP contribution in [0.25, 0.3) is 0 Å². The van der Waals surface area contributed by atoms with Crippen LogP contribution in [-0.4, -0.2) is 87.5 Å². The highest BCUT2D eigenvalue weighted by Crippen LogP contribution is 2.23. The summed E-state index contributed by atoms with van der Waals surface area (Å²) >= 11 is 0. The Hall–Kier alpha value is -1.07. The van der Waals surface area contributed by atoms with E-state index in [2.05, 4.69) is 19.2 Å². The highest BCUT2D eigenvalue weighted by molar-refractivity contribution is 5.76. The van der Waals surface area contributed by atoms with Gasteiger partial charge in [0.25, 0.3) is 0 Å². The van der Waals surface area contributed by atoms with E-state index >= 15 is 0 Å². The van der Waals surface area contributed by atoms with Crippen molar-refractivity contribution < 1.29 is 39.8 Å². The maximum Gasteiger partial charge on any atom is 0.220 e. The standard InChI is InChI=1S/C67H131NO8/c1-3-5-7-9-11-13-15-17-19-21-23-25-26-27-28-29-30-31-32-33-34-35-36-37-38-40-42-44-46-48-50-52-54-56-61(70)60(59-75-67-66(74)65(73)64(72)62(58-69)76-67)68-63(71)57-55-53-51-49-47-45-43-41-39-24-22-20-18-16-14-12-10-8-6-4-2/h54,56,60-62,64-67,69-70,72-74H,3-53,55,57-59H2,1-2H3,(H,68,71)/b56-54+. The molecule has 0 aromatic heterocycles. The molecule has 1 heterocycles. The first-order valence-electron chi connectivity index (χ1n) is 33.9. The van der Waals surface area contributed by atoms with E-state index in [0.717, 1.165) is 38.5 Å². The zero-order valence-corrected chi connectivity index (χ0v) is 50.5. The van der Waals surface area contributed by atoms with E-state index in [4.69, 9.17) is 9.47 Å². The lowest BCUT2D eigenvalue weighted by Gasteiger charge is -2.40. The number of amides is 1. The molecule has 76 heavy (non-hydrogen) atoms. The van der Waals surface area contributed by atoms with Gasteiger partial charge in [-0.3, -0.25) is 4.79 Å². The molecule has 1 saturated heterocycles. The fourth-order valence-corrected chi connectivity index (χ4v) is 11.3. The highest BCUT2D eigenvalue weighted by atomic mass is 16.7. The van der Waals surface area contributed by atoms with E-state index in [0.29, 0.717) is 6.42 Å². The van der Waals surface area contributed by atoms with Crippen molar-refractivity contribution in [1.82, 2.24) is 5.32 Å². The SMILES string of the molecule is CCCCCCCCCCCCCCCCCCCCCCCCCCCCCCCCC/C=C/C(O)C(COC1OC(CO)C(O)C(O)C1O)NC(=O)CCCCCCCCCCCCCCCCCCCCCC. The van der Waals surface area contributed by atoms with E-state index in [1.165, 1.54) is 295 Å². The molecule has 0 saturated carbocycles. The van der Waals surface area contributed by atoms with Gasteiger partial charge in [-0.15, -0.1) is 0 Å². The summed E-state index contributed by atoms with van der Waals surface area (Å²) in [6, 6.07) is -0.801. The number of rotatable bonds is 60. The molecule has 452 valence electrons. The van der Waals surface area contributed by atoms with Crippen molar-refractivity contribution in [3.63, 3.8) is 0 Å². The van der Waals surface area contributed by atoms with Crippen LogP contribution in [-0.2, 0) is 14.3 Å². The van der Waals surface area contributed by atoms with Gasteiger partial charge in [0, 0.05) is 6.42 Å². The predicted molar refractivity (Wildman–Crippen MR) is 323 cm³/mol. The summed E-state index contributed by atoms with van der Waals surface area (Å²) in [7, 11) is 0. The summed E-state index contributed by atoms with van der Waals surface area (Å²) in [6.45, 7) is 3.84. The Balaban J connectivity index is 2.11. The van der Waals surface area contributed by atoms with Crippen molar-refractivity contribution >= 4 is 5.91 Å². The molecule has 1 rings (SSSR count). The van der Waals surface area contributed by atoms with E-state index in [1.54, 1.807) is 6.08 Å². The molecule has 1 aliphatic rings. The van der Waals surface area contributed by atoms with Gasteiger partial charge < -0.3 is 40.3 Å². The summed E-state index contributed by atoms with van der Waals surface area (Å²) < 4.78 is 11.3. The molecule has 7 atom stereocenters. The minimum atomic E-state index is -1.56. The summed E-state index contributed by atoms with van der Waals surface area (Å²) in [4.78, 5) is 13.1. The number of carbonyl (C=O) groups excluding carboxylic acids is 1. The number of carbonyl (C=O) groups is 1. The average Bonchev–Trinajstić information content (AvgIpc) is 3.42. The van der Waals surface area contributed by atoms with E-state index in [-0.39, 0.29) is 12.5 Å². The van der Waals surface area contributed by atoms with Crippen LogP contribution in [0.4, 0.5) is 0 Å². The molecule has 0 aromatic carbocycles. The van der Waals surface area contributed by atoms with Crippen LogP contribution in [0, 0.1) is 0 Å². The first-order valence-corrected chi connectivity index (χ1v) is 33.9. The molecule has 1 aliphatic heterocycles. The van der Waals surface area contributed by atoms with E-state index < -0.39 is 49.5 Å². The highest BCUT2D eigenvalue weighted by Gasteiger charge is 2.44. The molecule has 0 aliphatic carbocycles. The monoisotopic (exact) mass is 1080 g/mol. The molecule has 7 unspecified atom stereocenters. The van der Waals surface area contributed by atoms with Crippen LogP contribution >= 0.6 is 0 Å². The van der Waals surface area contributed by atoms with Gasteiger partial charge in [0.2, 0.25) is 5.91 Å². The third kappa shape index (κ3) is 45.6. The van der Waals surface area contributed by atoms with Gasteiger partial charge >= 0.3 is 0 Å². The lowest BCUT2D eigenvalue weighted by Crippen LogP contribution is -2.60. The number of ether oxygens (including phenoxy) is 2. The number of aliphatic hydroxyl groups is 5. The van der Waals surface area contributed by atoms with Crippen LogP contribution in [0.5, 0.6) is 0 Å². The second kappa shape index (κ2) is 57.2.